The van der Waals surface area contributed by atoms with Gasteiger partial charge in [-0.25, -0.2) is 9.97 Å². The van der Waals surface area contributed by atoms with Gasteiger partial charge in [0.25, 0.3) is 0 Å². The van der Waals surface area contributed by atoms with E-state index >= 15 is 0 Å². The second kappa shape index (κ2) is 7.67. The van der Waals surface area contributed by atoms with Gasteiger partial charge in [0, 0.05) is 18.0 Å². The fraction of sp³-hybridized carbons (Fsp3) is 0.273. The Balaban J connectivity index is 1.73. The summed E-state index contributed by atoms with van der Waals surface area (Å²) in [6.07, 6.45) is -0.376. The topological polar surface area (TPSA) is 89.9 Å². The molecule has 7 nitrogen and oxygen atoms in total. The standard InChI is InChI=1S/C22H17ClF3N5O2/c1-21(32)9-12(10-21)31-19(22(24,25)26)14(11-29-31)18-16(20-27-7-4-8-28-20)17(30-33-18)13-5-2-3-6-15(13)23/h2-8,11-12,32H,9-10H2,1H3. The second-order valence-electron chi connectivity index (χ2n) is 8.20. The molecule has 0 saturated heterocycles. The van der Waals surface area contributed by atoms with Crippen molar-refractivity contribution < 1.29 is 22.8 Å². The molecule has 0 aliphatic heterocycles. The van der Waals surface area contributed by atoms with Gasteiger partial charge in [-0.15, -0.1) is 0 Å². The lowest BCUT2D eigenvalue weighted by Crippen LogP contribution is -2.43. The minimum absolute atomic E-state index is 0.135. The molecule has 33 heavy (non-hydrogen) atoms. The van der Waals surface area contributed by atoms with Crippen LogP contribution in [0.5, 0.6) is 0 Å². The molecule has 4 aromatic rings. The molecule has 0 bridgehead atoms. The van der Waals surface area contributed by atoms with Gasteiger partial charge in [0.15, 0.2) is 17.3 Å². The molecule has 11 heteroatoms. The van der Waals surface area contributed by atoms with Crippen LogP contribution in [0.4, 0.5) is 13.2 Å². The first-order valence-electron chi connectivity index (χ1n) is 10.0. The van der Waals surface area contributed by atoms with Gasteiger partial charge in [-0.3, -0.25) is 4.68 Å². The van der Waals surface area contributed by atoms with Crippen LogP contribution >= 0.6 is 11.6 Å². The highest BCUT2D eigenvalue weighted by Crippen LogP contribution is 2.48. The van der Waals surface area contributed by atoms with Crippen molar-refractivity contribution in [2.45, 2.75) is 37.6 Å². The number of benzene rings is 1. The van der Waals surface area contributed by atoms with Crippen molar-refractivity contribution in [3.8, 4) is 34.0 Å². The van der Waals surface area contributed by atoms with Crippen molar-refractivity contribution in [2.75, 3.05) is 0 Å². The van der Waals surface area contributed by atoms with Crippen LogP contribution in [0.3, 0.4) is 0 Å². The van der Waals surface area contributed by atoms with E-state index in [2.05, 4.69) is 20.2 Å². The van der Waals surface area contributed by atoms with Crippen molar-refractivity contribution >= 4 is 11.6 Å². The van der Waals surface area contributed by atoms with Crippen LogP contribution < -0.4 is 0 Å². The molecular formula is C22H17ClF3N5O2. The van der Waals surface area contributed by atoms with Crippen LogP contribution in [0.25, 0.3) is 34.0 Å². The molecule has 0 atom stereocenters. The summed E-state index contributed by atoms with van der Waals surface area (Å²) in [6.45, 7) is 1.58. The van der Waals surface area contributed by atoms with Crippen LogP contribution in [0.1, 0.15) is 31.5 Å². The third-order valence-corrected chi connectivity index (χ3v) is 5.95. The maximum Gasteiger partial charge on any atom is 0.433 e. The molecule has 1 aliphatic rings. The van der Waals surface area contributed by atoms with Gasteiger partial charge in [0.2, 0.25) is 0 Å². The Morgan fingerprint density at radius 1 is 1.12 bits per heavy atom. The molecule has 3 heterocycles. The van der Waals surface area contributed by atoms with Crippen molar-refractivity contribution in [1.82, 2.24) is 24.9 Å². The Morgan fingerprint density at radius 2 is 1.82 bits per heavy atom. The van der Waals surface area contributed by atoms with Crippen LogP contribution in [-0.2, 0) is 6.18 Å². The smallest absolute Gasteiger partial charge is 0.390 e. The highest BCUT2D eigenvalue weighted by molar-refractivity contribution is 6.33. The SMILES string of the molecule is CC1(O)CC(n2ncc(-c3onc(-c4ccccc4Cl)c3-c3ncccn3)c2C(F)(F)F)C1. The molecule has 0 radical (unpaired) electrons. The molecule has 1 aliphatic carbocycles. The summed E-state index contributed by atoms with van der Waals surface area (Å²) in [5.74, 6) is -0.0306. The fourth-order valence-corrected chi connectivity index (χ4v) is 4.39. The zero-order valence-electron chi connectivity index (χ0n) is 17.2. The number of aromatic nitrogens is 5. The number of alkyl halides is 3. The van der Waals surface area contributed by atoms with E-state index in [1.165, 1.54) is 12.4 Å². The molecule has 1 saturated carbocycles. The highest BCUT2D eigenvalue weighted by Gasteiger charge is 2.47. The van der Waals surface area contributed by atoms with E-state index in [1.54, 1.807) is 37.3 Å². The summed E-state index contributed by atoms with van der Waals surface area (Å²) < 4.78 is 49.1. The number of rotatable bonds is 4. The van der Waals surface area contributed by atoms with Crippen molar-refractivity contribution in [1.29, 1.82) is 0 Å². The van der Waals surface area contributed by atoms with E-state index < -0.39 is 23.5 Å². The van der Waals surface area contributed by atoms with Gasteiger partial charge in [-0.05, 0) is 31.9 Å². The Morgan fingerprint density at radius 3 is 2.45 bits per heavy atom. The molecule has 1 N–H and O–H groups in total. The minimum Gasteiger partial charge on any atom is -0.390 e. The lowest BCUT2D eigenvalue weighted by Gasteiger charge is -2.41. The number of hydrogen-bond donors (Lipinski definition) is 1. The van der Waals surface area contributed by atoms with Gasteiger partial charge >= 0.3 is 6.18 Å². The second-order valence-corrected chi connectivity index (χ2v) is 8.60. The molecule has 1 aromatic carbocycles. The summed E-state index contributed by atoms with van der Waals surface area (Å²) in [6, 6.07) is 7.78. The van der Waals surface area contributed by atoms with Gasteiger partial charge in [-0.2, -0.15) is 18.3 Å². The Hall–Kier alpha value is -3.24. The minimum atomic E-state index is -4.74. The Labute approximate surface area is 190 Å². The van der Waals surface area contributed by atoms with Gasteiger partial charge < -0.3 is 9.63 Å². The molecule has 5 rings (SSSR count). The van der Waals surface area contributed by atoms with Crippen LogP contribution in [-0.4, -0.2) is 35.6 Å². The molecule has 1 fully saturated rings. The van der Waals surface area contributed by atoms with E-state index in [1.807, 2.05) is 0 Å². The predicted octanol–water partition coefficient (Wildman–Crippen LogP) is 5.42. The van der Waals surface area contributed by atoms with Crippen LogP contribution in [0, 0.1) is 0 Å². The first kappa shape index (κ1) is 21.6. The zero-order chi connectivity index (χ0) is 23.4. The average molecular weight is 476 g/mol. The number of nitrogens with zero attached hydrogens (tertiary/aromatic N) is 5. The monoisotopic (exact) mass is 475 g/mol. The quantitative estimate of drug-likeness (QED) is 0.424. The lowest BCUT2D eigenvalue weighted by molar-refractivity contribution is -0.148. The van der Waals surface area contributed by atoms with E-state index in [-0.39, 0.29) is 41.2 Å². The summed E-state index contributed by atoms with van der Waals surface area (Å²) in [5, 5.41) is 18.4. The van der Waals surface area contributed by atoms with E-state index in [4.69, 9.17) is 16.1 Å². The summed E-state index contributed by atoms with van der Waals surface area (Å²) in [4.78, 5) is 8.42. The molecule has 0 amide bonds. The van der Waals surface area contributed by atoms with Gasteiger partial charge in [0.05, 0.1) is 34.0 Å². The lowest BCUT2D eigenvalue weighted by atomic mass is 9.77. The molecule has 3 aromatic heterocycles. The highest BCUT2D eigenvalue weighted by atomic mass is 35.5. The first-order chi connectivity index (χ1) is 15.7. The van der Waals surface area contributed by atoms with E-state index in [9.17, 15) is 18.3 Å². The molecular weight excluding hydrogens is 459 g/mol. The maximum absolute atomic E-state index is 14.2. The van der Waals surface area contributed by atoms with Gasteiger partial charge in [0.1, 0.15) is 5.69 Å². The van der Waals surface area contributed by atoms with E-state index in [0.29, 0.717) is 10.6 Å². The normalized spacial score (nSPS) is 20.6. The van der Waals surface area contributed by atoms with Gasteiger partial charge in [-0.1, -0.05) is 35.0 Å². The summed E-state index contributed by atoms with van der Waals surface area (Å²) in [5.41, 5.74) is -1.44. The molecule has 170 valence electrons. The Kier molecular flexibility index (Phi) is 5.02. The van der Waals surface area contributed by atoms with Crippen molar-refractivity contribution in [3.63, 3.8) is 0 Å². The van der Waals surface area contributed by atoms with Crippen molar-refractivity contribution in [3.05, 3.63) is 59.6 Å². The van der Waals surface area contributed by atoms with Crippen LogP contribution in [0.15, 0.2) is 53.4 Å². The summed E-state index contributed by atoms with van der Waals surface area (Å²) in [7, 11) is 0. The van der Waals surface area contributed by atoms with Crippen molar-refractivity contribution in [2.24, 2.45) is 0 Å². The molecule has 0 spiro atoms. The number of hydrogen-bond acceptors (Lipinski definition) is 6. The summed E-state index contributed by atoms with van der Waals surface area (Å²) >= 11 is 6.33. The largest absolute Gasteiger partial charge is 0.433 e. The van der Waals surface area contributed by atoms with E-state index in [0.717, 1.165) is 10.9 Å². The third kappa shape index (κ3) is 3.79. The first-order valence-corrected chi connectivity index (χ1v) is 10.4. The molecule has 0 unspecified atom stereocenters. The number of halogens is 4. The predicted molar refractivity (Wildman–Crippen MR) is 113 cm³/mol. The Bertz CT molecular complexity index is 1310. The zero-order valence-corrected chi connectivity index (χ0v) is 18.0. The third-order valence-electron chi connectivity index (χ3n) is 5.62. The maximum atomic E-state index is 14.2. The number of aliphatic hydroxyl groups is 1. The fourth-order valence-electron chi connectivity index (χ4n) is 4.16. The average Bonchev–Trinajstić information content (AvgIpc) is 3.37. The van der Waals surface area contributed by atoms with Crippen LogP contribution in [0.2, 0.25) is 5.02 Å².